The van der Waals surface area contributed by atoms with Gasteiger partial charge in [-0.1, -0.05) is 50.7 Å². The lowest BCUT2D eigenvalue weighted by molar-refractivity contribution is 0.623. The highest BCUT2D eigenvalue weighted by Gasteiger charge is 2.14. The predicted molar refractivity (Wildman–Crippen MR) is 90.2 cm³/mol. The third-order valence-electron chi connectivity index (χ3n) is 3.52. The van der Waals surface area contributed by atoms with Gasteiger partial charge < -0.3 is 11.1 Å². The van der Waals surface area contributed by atoms with Crippen molar-refractivity contribution in [1.29, 1.82) is 0 Å². The fraction of sp³-hybridized carbons (Fsp3) is 0.375. The summed E-state index contributed by atoms with van der Waals surface area (Å²) in [6.07, 6.45) is 5.12. The topological polar surface area (TPSA) is 50.9 Å². The minimum Gasteiger partial charge on any atom is -0.389 e. The van der Waals surface area contributed by atoms with Gasteiger partial charge in [0.25, 0.3) is 0 Å². The number of hydrogen-bond acceptors (Lipinski definition) is 3. The van der Waals surface area contributed by atoms with Crippen molar-refractivity contribution in [2.24, 2.45) is 5.73 Å². The third-order valence-corrected chi connectivity index (χ3v) is 3.74. The van der Waals surface area contributed by atoms with Gasteiger partial charge >= 0.3 is 0 Å². The summed E-state index contributed by atoms with van der Waals surface area (Å²) >= 11 is 5.16. The third kappa shape index (κ3) is 3.07. The first-order valence-electron chi connectivity index (χ1n) is 7.11. The molecule has 0 amide bonds. The summed E-state index contributed by atoms with van der Waals surface area (Å²) in [6, 6.07) is 8.50. The smallest absolute Gasteiger partial charge is 0.107 e. The molecule has 20 heavy (non-hydrogen) atoms. The van der Waals surface area contributed by atoms with Crippen molar-refractivity contribution < 1.29 is 0 Å². The molecular weight excluding hydrogens is 266 g/mol. The molecule has 2 rings (SSSR count). The van der Waals surface area contributed by atoms with Crippen molar-refractivity contribution >= 4 is 33.8 Å². The van der Waals surface area contributed by atoms with Gasteiger partial charge in [-0.25, -0.2) is 0 Å². The second-order valence-electron chi connectivity index (χ2n) is 4.97. The van der Waals surface area contributed by atoms with Gasteiger partial charge in [-0.2, -0.15) is 0 Å². The Morgan fingerprint density at radius 3 is 2.75 bits per heavy atom. The normalized spacial score (nSPS) is 12.3. The van der Waals surface area contributed by atoms with Crippen molar-refractivity contribution in [3.05, 3.63) is 36.0 Å². The first kappa shape index (κ1) is 14.7. The van der Waals surface area contributed by atoms with Crippen molar-refractivity contribution in [2.45, 2.75) is 39.2 Å². The maximum atomic E-state index is 5.85. The molecule has 4 heteroatoms. The lowest BCUT2D eigenvalue weighted by Gasteiger charge is -2.21. The molecule has 1 aromatic carbocycles. The molecule has 2 aromatic rings. The van der Waals surface area contributed by atoms with Gasteiger partial charge in [0, 0.05) is 17.6 Å². The van der Waals surface area contributed by atoms with E-state index in [1.807, 2.05) is 18.2 Å². The van der Waals surface area contributed by atoms with E-state index >= 15 is 0 Å². The van der Waals surface area contributed by atoms with Crippen molar-refractivity contribution in [3.63, 3.8) is 0 Å². The van der Waals surface area contributed by atoms with E-state index in [0.29, 0.717) is 11.0 Å². The van der Waals surface area contributed by atoms with Crippen molar-refractivity contribution in [2.75, 3.05) is 5.32 Å². The van der Waals surface area contributed by atoms with Crippen LogP contribution in [-0.2, 0) is 0 Å². The van der Waals surface area contributed by atoms with Crippen LogP contribution in [-0.4, -0.2) is 16.0 Å². The second-order valence-corrected chi connectivity index (χ2v) is 5.41. The molecule has 0 saturated carbocycles. The number of benzene rings is 1. The minimum atomic E-state index is 0.386. The highest BCUT2D eigenvalue weighted by atomic mass is 32.1. The molecule has 0 aliphatic rings. The molecule has 3 N–H and O–H groups in total. The van der Waals surface area contributed by atoms with Crippen LogP contribution in [0.4, 0.5) is 5.69 Å². The van der Waals surface area contributed by atoms with Crippen LogP contribution in [0, 0.1) is 0 Å². The molecule has 0 spiro atoms. The summed E-state index contributed by atoms with van der Waals surface area (Å²) in [7, 11) is 0. The van der Waals surface area contributed by atoms with Crippen molar-refractivity contribution in [1.82, 2.24) is 4.98 Å². The molecular formula is C16H21N3S. The molecule has 1 aromatic heterocycles. The number of rotatable bonds is 6. The second kappa shape index (κ2) is 6.66. The number of nitrogens with two attached hydrogens (primary N) is 1. The average Bonchev–Trinajstić information content (AvgIpc) is 2.46. The highest BCUT2D eigenvalue weighted by Crippen LogP contribution is 2.27. The highest BCUT2D eigenvalue weighted by molar-refractivity contribution is 7.80. The summed E-state index contributed by atoms with van der Waals surface area (Å²) in [5, 5.41) is 4.69. The number of hydrogen-bond donors (Lipinski definition) is 2. The fourth-order valence-corrected chi connectivity index (χ4v) is 2.57. The Balaban J connectivity index is 2.51. The van der Waals surface area contributed by atoms with Crippen LogP contribution in [0.5, 0.6) is 0 Å². The van der Waals surface area contributed by atoms with Crippen LogP contribution < -0.4 is 11.1 Å². The Hall–Kier alpha value is -1.68. The molecule has 1 atom stereocenters. The largest absolute Gasteiger partial charge is 0.389 e. The van der Waals surface area contributed by atoms with Gasteiger partial charge in [0.05, 0.1) is 16.8 Å². The molecule has 0 radical (unpaired) electrons. The lowest BCUT2D eigenvalue weighted by atomic mass is 10.1. The van der Waals surface area contributed by atoms with Gasteiger partial charge in [-0.15, -0.1) is 0 Å². The summed E-state index contributed by atoms with van der Waals surface area (Å²) < 4.78 is 0. The molecule has 3 nitrogen and oxygen atoms in total. The van der Waals surface area contributed by atoms with Crippen LogP contribution >= 0.6 is 12.2 Å². The molecule has 0 saturated heterocycles. The first-order valence-corrected chi connectivity index (χ1v) is 7.52. The quantitative estimate of drug-likeness (QED) is 0.792. The molecule has 1 heterocycles. The number of para-hydroxylation sites is 1. The Morgan fingerprint density at radius 2 is 2.10 bits per heavy atom. The van der Waals surface area contributed by atoms with E-state index in [2.05, 4.69) is 30.2 Å². The van der Waals surface area contributed by atoms with E-state index in [9.17, 15) is 0 Å². The summed E-state index contributed by atoms with van der Waals surface area (Å²) in [6.45, 7) is 4.39. The molecule has 0 aliphatic carbocycles. The Bertz CT molecular complexity index is 610. The predicted octanol–water partition coefficient (Wildman–Crippen LogP) is 3.86. The molecule has 1 unspecified atom stereocenters. The van der Waals surface area contributed by atoms with Crippen LogP contribution in [0.15, 0.2) is 30.5 Å². The maximum Gasteiger partial charge on any atom is 0.107 e. The maximum absolute atomic E-state index is 5.85. The Labute approximate surface area is 125 Å². The van der Waals surface area contributed by atoms with Gasteiger partial charge in [0.1, 0.15) is 4.99 Å². The van der Waals surface area contributed by atoms with Gasteiger partial charge in [0.2, 0.25) is 0 Å². The summed E-state index contributed by atoms with van der Waals surface area (Å²) in [5.41, 5.74) is 8.65. The average molecular weight is 287 g/mol. The standard InChI is InChI=1S/C16H21N3S/c1-3-7-11(4-2)19-15-12-8-5-6-9-14(12)18-10-13(15)16(17)20/h5-6,8-11H,3-4,7H2,1-2H3,(H2,17,20)(H,18,19). The van der Waals surface area contributed by atoms with Crippen LogP contribution in [0.2, 0.25) is 0 Å². The fourth-order valence-electron chi connectivity index (χ4n) is 2.41. The molecule has 0 bridgehead atoms. The minimum absolute atomic E-state index is 0.386. The van der Waals surface area contributed by atoms with Crippen LogP contribution in [0.3, 0.4) is 0 Å². The number of aromatic nitrogens is 1. The first-order chi connectivity index (χ1) is 9.67. The van der Waals surface area contributed by atoms with Crippen LogP contribution in [0.25, 0.3) is 10.9 Å². The number of anilines is 1. The monoisotopic (exact) mass is 287 g/mol. The van der Waals surface area contributed by atoms with Crippen LogP contribution in [0.1, 0.15) is 38.7 Å². The van der Waals surface area contributed by atoms with Gasteiger partial charge in [0.15, 0.2) is 0 Å². The van der Waals surface area contributed by atoms with E-state index in [4.69, 9.17) is 18.0 Å². The Kier molecular flexibility index (Phi) is 4.90. The zero-order chi connectivity index (χ0) is 14.5. The molecule has 0 aliphatic heterocycles. The van der Waals surface area contributed by atoms with Gasteiger partial charge in [-0.3, -0.25) is 4.98 Å². The van der Waals surface area contributed by atoms with E-state index in [1.165, 1.54) is 0 Å². The number of pyridine rings is 1. The zero-order valence-corrected chi connectivity index (χ0v) is 12.8. The van der Waals surface area contributed by atoms with E-state index in [0.717, 1.165) is 41.4 Å². The lowest BCUT2D eigenvalue weighted by Crippen LogP contribution is -2.22. The van der Waals surface area contributed by atoms with Crippen molar-refractivity contribution in [3.8, 4) is 0 Å². The number of fused-ring (bicyclic) bond motifs is 1. The van der Waals surface area contributed by atoms with E-state index in [1.54, 1.807) is 6.20 Å². The molecule has 106 valence electrons. The van der Waals surface area contributed by atoms with E-state index in [-0.39, 0.29) is 0 Å². The summed E-state index contributed by atoms with van der Waals surface area (Å²) in [4.78, 5) is 4.82. The zero-order valence-electron chi connectivity index (χ0n) is 12.0. The number of thiocarbonyl (C=S) groups is 1. The number of nitrogens with zero attached hydrogens (tertiary/aromatic N) is 1. The van der Waals surface area contributed by atoms with Gasteiger partial charge in [-0.05, 0) is 18.9 Å². The Morgan fingerprint density at radius 1 is 1.35 bits per heavy atom. The van der Waals surface area contributed by atoms with E-state index < -0.39 is 0 Å². The number of nitrogens with one attached hydrogen (secondary N) is 1. The SMILES string of the molecule is CCCC(CC)Nc1c(C(N)=S)cnc2ccccc12. The molecule has 0 fully saturated rings. The summed E-state index contributed by atoms with van der Waals surface area (Å²) in [5.74, 6) is 0.